The summed E-state index contributed by atoms with van der Waals surface area (Å²) in [6.45, 7) is 0.831. The van der Waals surface area contributed by atoms with Gasteiger partial charge in [-0.2, -0.15) is 0 Å². The molecule has 2 amide bonds. The van der Waals surface area contributed by atoms with Crippen LogP contribution >= 0.6 is 23.2 Å². The highest BCUT2D eigenvalue weighted by atomic mass is 35.5. The molecule has 0 spiro atoms. The third-order valence-corrected chi connectivity index (χ3v) is 3.83. The van der Waals surface area contributed by atoms with E-state index in [2.05, 4.69) is 5.32 Å². The van der Waals surface area contributed by atoms with Gasteiger partial charge in [0.1, 0.15) is 11.4 Å². The Morgan fingerprint density at radius 1 is 1.23 bits per heavy atom. The fourth-order valence-electron chi connectivity index (χ4n) is 1.99. The SMILES string of the molecule is CC(Oc1ccc(Cl)cc1Cl)C(=O)OCC(=O)NC(=O)c1cccn1C. The first kappa shape index (κ1) is 19.8. The summed E-state index contributed by atoms with van der Waals surface area (Å²) < 4.78 is 11.8. The zero-order valence-corrected chi connectivity index (χ0v) is 15.5. The third-order valence-electron chi connectivity index (χ3n) is 3.30. The molecule has 26 heavy (non-hydrogen) atoms. The van der Waals surface area contributed by atoms with Gasteiger partial charge in [-0.1, -0.05) is 23.2 Å². The maximum atomic E-state index is 11.9. The van der Waals surface area contributed by atoms with Crippen LogP contribution in [0.2, 0.25) is 10.0 Å². The second-order valence-corrected chi connectivity index (χ2v) is 6.17. The van der Waals surface area contributed by atoms with E-state index in [0.717, 1.165) is 0 Å². The largest absolute Gasteiger partial charge is 0.477 e. The number of benzene rings is 1. The molecule has 0 aliphatic heterocycles. The van der Waals surface area contributed by atoms with Crippen molar-refractivity contribution in [1.29, 1.82) is 0 Å². The number of ether oxygens (including phenoxy) is 2. The van der Waals surface area contributed by atoms with E-state index in [-0.39, 0.29) is 10.8 Å². The number of imide groups is 1. The van der Waals surface area contributed by atoms with Crippen molar-refractivity contribution in [2.75, 3.05) is 6.61 Å². The summed E-state index contributed by atoms with van der Waals surface area (Å²) in [5.41, 5.74) is 0.304. The summed E-state index contributed by atoms with van der Waals surface area (Å²) in [7, 11) is 1.67. The smallest absolute Gasteiger partial charge is 0.347 e. The van der Waals surface area contributed by atoms with Gasteiger partial charge in [0.15, 0.2) is 12.7 Å². The van der Waals surface area contributed by atoms with E-state index in [1.807, 2.05) is 0 Å². The first-order valence-electron chi connectivity index (χ1n) is 7.51. The van der Waals surface area contributed by atoms with Crippen LogP contribution in [0.4, 0.5) is 0 Å². The first-order valence-corrected chi connectivity index (χ1v) is 8.27. The number of nitrogens with one attached hydrogen (secondary N) is 1. The Morgan fingerprint density at radius 2 is 1.96 bits per heavy atom. The Morgan fingerprint density at radius 3 is 2.58 bits per heavy atom. The molecule has 0 aliphatic rings. The van der Waals surface area contributed by atoms with E-state index in [0.29, 0.717) is 10.7 Å². The number of aromatic nitrogens is 1. The van der Waals surface area contributed by atoms with Crippen molar-refractivity contribution in [2.24, 2.45) is 7.05 Å². The number of rotatable bonds is 6. The van der Waals surface area contributed by atoms with Crippen LogP contribution in [-0.2, 0) is 21.4 Å². The molecule has 1 aromatic heterocycles. The molecule has 0 fully saturated rings. The Kier molecular flexibility index (Phi) is 6.65. The van der Waals surface area contributed by atoms with E-state index in [9.17, 15) is 14.4 Å². The lowest BCUT2D eigenvalue weighted by atomic mass is 10.3. The zero-order valence-electron chi connectivity index (χ0n) is 14.0. The van der Waals surface area contributed by atoms with Crippen molar-refractivity contribution in [3.05, 3.63) is 52.3 Å². The molecule has 0 aliphatic carbocycles. The maximum absolute atomic E-state index is 11.9. The summed E-state index contributed by atoms with van der Waals surface area (Å²) in [4.78, 5) is 35.5. The minimum Gasteiger partial charge on any atom is -0.477 e. The molecule has 2 rings (SSSR count). The van der Waals surface area contributed by atoms with Crippen molar-refractivity contribution in [3.63, 3.8) is 0 Å². The van der Waals surface area contributed by atoms with Gasteiger partial charge in [0.05, 0.1) is 5.02 Å². The van der Waals surface area contributed by atoms with E-state index in [1.54, 1.807) is 36.0 Å². The molecule has 0 saturated heterocycles. The van der Waals surface area contributed by atoms with Crippen molar-refractivity contribution in [2.45, 2.75) is 13.0 Å². The average Bonchev–Trinajstić information content (AvgIpc) is 3.01. The monoisotopic (exact) mass is 398 g/mol. The predicted molar refractivity (Wildman–Crippen MR) is 95.4 cm³/mol. The number of halogens is 2. The Balaban J connectivity index is 1.82. The van der Waals surface area contributed by atoms with Crippen LogP contribution in [0.5, 0.6) is 5.75 Å². The van der Waals surface area contributed by atoms with Crippen LogP contribution in [0, 0.1) is 0 Å². The Hall–Kier alpha value is -2.51. The number of carbonyl (C=O) groups is 3. The summed E-state index contributed by atoms with van der Waals surface area (Å²) in [6, 6.07) is 7.77. The van der Waals surface area contributed by atoms with Gasteiger partial charge >= 0.3 is 5.97 Å². The predicted octanol–water partition coefficient (Wildman–Crippen LogP) is 2.60. The maximum Gasteiger partial charge on any atom is 0.347 e. The lowest BCUT2D eigenvalue weighted by Gasteiger charge is -2.15. The summed E-state index contributed by atoms with van der Waals surface area (Å²) in [6.07, 6.45) is 0.658. The standard InChI is InChI=1S/C17H16Cl2N2O5/c1-10(26-14-6-5-11(18)8-12(14)19)17(24)25-9-15(22)20-16(23)13-4-3-7-21(13)2/h3-8,10H,9H2,1-2H3,(H,20,22,23). The topological polar surface area (TPSA) is 86.6 Å². The molecule has 7 nitrogen and oxygen atoms in total. The van der Waals surface area contributed by atoms with Crippen LogP contribution in [0.15, 0.2) is 36.5 Å². The quantitative estimate of drug-likeness (QED) is 0.755. The van der Waals surface area contributed by atoms with Crippen molar-refractivity contribution in [3.8, 4) is 5.75 Å². The lowest BCUT2D eigenvalue weighted by Crippen LogP contribution is -2.36. The lowest BCUT2D eigenvalue weighted by molar-refractivity contribution is -0.154. The molecule has 1 aromatic carbocycles. The highest BCUT2D eigenvalue weighted by Crippen LogP contribution is 2.28. The van der Waals surface area contributed by atoms with E-state index in [1.165, 1.54) is 19.1 Å². The van der Waals surface area contributed by atoms with Crippen LogP contribution in [0.1, 0.15) is 17.4 Å². The van der Waals surface area contributed by atoms with Gasteiger partial charge in [0.2, 0.25) is 0 Å². The molecule has 138 valence electrons. The summed E-state index contributed by atoms with van der Waals surface area (Å²) >= 11 is 11.7. The van der Waals surface area contributed by atoms with Crippen LogP contribution in [0.3, 0.4) is 0 Å². The molecule has 1 unspecified atom stereocenters. The van der Waals surface area contributed by atoms with Crippen LogP contribution < -0.4 is 10.1 Å². The Bertz CT molecular complexity index is 834. The summed E-state index contributed by atoms with van der Waals surface area (Å²) in [5.74, 6) is -1.86. The fraction of sp³-hybridized carbons (Fsp3) is 0.235. The number of carbonyl (C=O) groups excluding carboxylic acids is 3. The number of hydrogen-bond donors (Lipinski definition) is 1. The first-order chi connectivity index (χ1) is 12.3. The van der Waals surface area contributed by atoms with Gasteiger partial charge in [-0.15, -0.1) is 0 Å². The molecule has 1 N–H and O–H groups in total. The minimum atomic E-state index is -1.01. The fourth-order valence-corrected chi connectivity index (χ4v) is 2.44. The molecular formula is C17H16Cl2N2O5. The van der Waals surface area contributed by atoms with Gasteiger partial charge in [0, 0.05) is 18.3 Å². The van der Waals surface area contributed by atoms with Crippen LogP contribution in [0.25, 0.3) is 0 Å². The number of nitrogens with zero attached hydrogens (tertiary/aromatic N) is 1. The normalized spacial score (nSPS) is 11.5. The molecular weight excluding hydrogens is 383 g/mol. The molecule has 1 heterocycles. The van der Waals surface area contributed by atoms with Crippen molar-refractivity contribution < 1.29 is 23.9 Å². The molecule has 1 atom stereocenters. The second kappa shape index (κ2) is 8.73. The van der Waals surface area contributed by atoms with Crippen LogP contribution in [-0.4, -0.2) is 35.1 Å². The molecule has 2 aromatic rings. The number of hydrogen-bond acceptors (Lipinski definition) is 5. The Labute approximate surface area is 159 Å². The average molecular weight is 399 g/mol. The molecule has 0 radical (unpaired) electrons. The zero-order chi connectivity index (χ0) is 19.3. The van der Waals surface area contributed by atoms with Gasteiger partial charge in [-0.25, -0.2) is 4.79 Å². The van der Waals surface area contributed by atoms with E-state index >= 15 is 0 Å². The highest BCUT2D eigenvalue weighted by molar-refractivity contribution is 6.35. The minimum absolute atomic E-state index is 0.239. The van der Waals surface area contributed by atoms with Gasteiger partial charge in [-0.05, 0) is 37.3 Å². The highest BCUT2D eigenvalue weighted by Gasteiger charge is 2.20. The number of esters is 1. The second-order valence-electron chi connectivity index (χ2n) is 5.32. The summed E-state index contributed by atoms with van der Waals surface area (Å²) in [5, 5.41) is 2.80. The van der Waals surface area contributed by atoms with E-state index in [4.69, 9.17) is 32.7 Å². The third kappa shape index (κ3) is 5.24. The van der Waals surface area contributed by atoms with Crippen molar-refractivity contribution in [1.82, 2.24) is 9.88 Å². The molecule has 9 heteroatoms. The number of amides is 2. The molecule has 0 bridgehead atoms. The van der Waals surface area contributed by atoms with Crippen molar-refractivity contribution >= 4 is 41.0 Å². The van der Waals surface area contributed by atoms with Gasteiger partial charge < -0.3 is 14.0 Å². The van der Waals surface area contributed by atoms with Gasteiger partial charge in [-0.3, -0.25) is 14.9 Å². The number of aryl methyl sites for hydroxylation is 1. The van der Waals surface area contributed by atoms with E-state index < -0.39 is 30.5 Å². The van der Waals surface area contributed by atoms with Gasteiger partial charge in [0.25, 0.3) is 11.8 Å². The molecule has 0 saturated carbocycles.